The summed E-state index contributed by atoms with van der Waals surface area (Å²) in [6, 6.07) is 1.89. The SMILES string of the molecule is N#CCC1CCN(C(=O)C(F)(F)F)C1. The molecule has 0 N–H and O–H groups in total. The summed E-state index contributed by atoms with van der Waals surface area (Å²) in [6.45, 7) is 0.149. The molecule has 0 saturated carbocycles. The quantitative estimate of drug-likeness (QED) is 0.649. The molecule has 1 atom stereocenters. The van der Waals surface area contributed by atoms with Gasteiger partial charge in [0.1, 0.15) is 0 Å². The molecular weight excluding hydrogens is 197 g/mol. The van der Waals surface area contributed by atoms with Crippen molar-refractivity contribution in [2.75, 3.05) is 13.1 Å². The van der Waals surface area contributed by atoms with Crippen molar-refractivity contribution in [3.8, 4) is 6.07 Å². The summed E-state index contributed by atoms with van der Waals surface area (Å²) in [6.07, 6.45) is -4.10. The monoisotopic (exact) mass is 206 g/mol. The van der Waals surface area contributed by atoms with Gasteiger partial charge >= 0.3 is 12.1 Å². The average molecular weight is 206 g/mol. The third-order valence-corrected chi connectivity index (χ3v) is 2.20. The summed E-state index contributed by atoms with van der Waals surface area (Å²) in [4.78, 5) is 11.5. The zero-order valence-electron chi connectivity index (χ0n) is 7.34. The molecule has 1 heterocycles. The first-order valence-electron chi connectivity index (χ1n) is 4.18. The highest BCUT2D eigenvalue weighted by Gasteiger charge is 2.44. The van der Waals surface area contributed by atoms with Crippen LogP contribution >= 0.6 is 0 Å². The lowest BCUT2D eigenvalue weighted by Gasteiger charge is -2.17. The smallest absolute Gasteiger partial charge is 0.335 e. The number of carbonyl (C=O) groups is 1. The number of likely N-dealkylation sites (tertiary alicyclic amines) is 1. The molecule has 1 saturated heterocycles. The number of halogens is 3. The van der Waals surface area contributed by atoms with Gasteiger partial charge in [0.2, 0.25) is 0 Å². The van der Waals surface area contributed by atoms with Crippen molar-refractivity contribution in [2.24, 2.45) is 5.92 Å². The van der Waals surface area contributed by atoms with Crippen LogP contribution in [0, 0.1) is 17.2 Å². The number of amides is 1. The molecule has 1 aliphatic heterocycles. The van der Waals surface area contributed by atoms with Gasteiger partial charge < -0.3 is 4.90 Å². The highest BCUT2D eigenvalue weighted by Crippen LogP contribution is 2.25. The number of nitriles is 1. The molecule has 0 radical (unpaired) electrons. The number of nitrogens with zero attached hydrogens (tertiary/aromatic N) is 2. The average Bonchev–Trinajstić information content (AvgIpc) is 2.50. The number of rotatable bonds is 1. The van der Waals surface area contributed by atoms with Crippen LogP contribution in [0.2, 0.25) is 0 Å². The molecule has 0 aromatic carbocycles. The lowest BCUT2D eigenvalue weighted by Crippen LogP contribution is -2.39. The van der Waals surface area contributed by atoms with Crippen LogP contribution in [-0.4, -0.2) is 30.1 Å². The third kappa shape index (κ3) is 2.37. The molecule has 1 fully saturated rings. The molecule has 1 aliphatic rings. The highest BCUT2D eigenvalue weighted by atomic mass is 19.4. The van der Waals surface area contributed by atoms with Gasteiger partial charge in [-0.15, -0.1) is 0 Å². The van der Waals surface area contributed by atoms with E-state index in [2.05, 4.69) is 0 Å². The van der Waals surface area contributed by atoms with E-state index < -0.39 is 12.1 Å². The molecule has 6 heteroatoms. The van der Waals surface area contributed by atoms with Crippen LogP contribution in [0.25, 0.3) is 0 Å². The van der Waals surface area contributed by atoms with Crippen molar-refractivity contribution >= 4 is 5.91 Å². The van der Waals surface area contributed by atoms with Gasteiger partial charge in [0.05, 0.1) is 6.07 Å². The van der Waals surface area contributed by atoms with Gasteiger partial charge in [-0.1, -0.05) is 0 Å². The van der Waals surface area contributed by atoms with Crippen LogP contribution in [0.5, 0.6) is 0 Å². The molecule has 1 unspecified atom stereocenters. The molecule has 0 aromatic heterocycles. The fourth-order valence-corrected chi connectivity index (χ4v) is 1.49. The first-order chi connectivity index (χ1) is 6.45. The second kappa shape index (κ2) is 3.86. The Kier molecular flexibility index (Phi) is 2.99. The zero-order valence-corrected chi connectivity index (χ0v) is 7.34. The van der Waals surface area contributed by atoms with Gasteiger partial charge in [-0.05, 0) is 12.3 Å². The predicted molar refractivity (Wildman–Crippen MR) is 41.0 cm³/mol. The van der Waals surface area contributed by atoms with E-state index in [0.717, 1.165) is 4.90 Å². The molecule has 0 spiro atoms. The molecule has 1 amide bonds. The van der Waals surface area contributed by atoms with Crippen LogP contribution < -0.4 is 0 Å². The van der Waals surface area contributed by atoms with Crippen molar-refractivity contribution in [1.82, 2.24) is 4.90 Å². The van der Waals surface area contributed by atoms with Crippen molar-refractivity contribution in [3.05, 3.63) is 0 Å². The van der Waals surface area contributed by atoms with Crippen LogP contribution in [-0.2, 0) is 4.79 Å². The minimum Gasteiger partial charge on any atom is -0.335 e. The molecule has 14 heavy (non-hydrogen) atoms. The number of carbonyl (C=O) groups excluding carboxylic acids is 1. The third-order valence-electron chi connectivity index (χ3n) is 2.20. The summed E-state index contributed by atoms with van der Waals surface area (Å²) < 4.78 is 35.9. The lowest BCUT2D eigenvalue weighted by molar-refractivity contribution is -0.184. The van der Waals surface area contributed by atoms with Gasteiger partial charge in [0, 0.05) is 19.5 Å². The van der Waals surface area contributed by atoms with Crippen molar-refractivity contribution in [2.45, 2.75) is 19.0 Å². The predicted octanol–water partition coefficient (Wildman–Crippen LogP) is 1.31. The second-order valence-corrected chi connectivity index (χ2v) is 3.27. The topological polar surface area (TPSA) is 44.1 Å². The molecule has 3 nitrogen and oxygen atoms in total. The van der Waals surface area contributed by atoms with E-state index in [9.17, 15) is 18.0 Å². The molecular formula is C8H9F3N2O. The van der Waals surface area contributed by atoms with Crippen molar-refractivity contribution in [3.63, 3.8) is 0 Å². The summed E-state index contributed by atoms with van der Waals surface area (Å²) in [5, 5.41) is 8.34. The number of hydrogen-bond donors (Lipinski definition) is 0. The Morgan fingerprint density at radius 3 is 2.71 bits per heavy atom. The maximum atomic E-state index is 12.0. The molecule has 1 rings (SSSR count). The van der Waals surface area contributed by atoms with E-state index in [-0.39, 0.29) is 25.4 Å². The van der Waals surface area contributed by atoms with E-state index >= 15 is 0 Å². The largest absolute Gasteiger partial charge is 0.471 e. The van der Waals surface area contributed by atoms with Gasteiger partial charge in [-0.25, -0.2) is 0 Å². The number of hydrogen-bond acceptors (Lipinski definition) is 2. The minimum absolute atomic E-state index is 0.0475. The van der Waals surface area contributed by atoms with Crippen LogP contribution in [0.4, 0.5) is 13.2 Å². The molecule has 78 valence electrons. The second-order valence-electron chi connectivity index (χ2n) is 3.27. The van der Waals surface area contributed by atoms with Gasteiger partial charge in [0.25, 0.3) is 0 Å². The minimum atomic E-state index is -4.79. The summed E-state index contributed by atoms with van der Waals surface area (Å²) in [5.74, 6) is -1.90. The van der Waals surface area contributed by atoms with Gasteiger partial charge in [-0.2, -0.15) is 18.4 Å². The first-order valence-corrected chi connectivity index (χ1v) is 4.18. The van der Waals surface area contributed by atoms with Crippen LogP contribution in [0.3, 0.4) is 0 Å². The summed E-state index contributed by atoms with van der Waals surface area (Å²) in [7, 11) is 0. The van der Waals surface area contributed by atoms with E-state index in [1.807, 2.05) is 6.07 Å². The Morgan fingerprint density at radius 2 is 2.21 bits per heavy atom. The van der Waals surface area contributed by atoms with Crippen molar-refractivity contribution < 1.29 is 18.0 Å². The Bertz CT molecular complexity index is 269. The fraction of sp³-hybridized carbons (Fsp3) is 0.750. The maximum absolute atomic E-state index is 12.0. The lowest BCUT2D eigenvalue weighted by atomic mass is 10.1. The Hall–Kier alpha value is -1.25. The van der Waals surface area contributed by atoms with E-state index in [4.69, 9.17) is 5.26 Å². The Labute approximate surface area is 79.1 Å². The van der Waals surface area contributed by atoms with E-state index in [1.54, 1.807) is 0 Å². The first kappa shape index (κ1) is 10.8. The van der Waals surface area contributed by atoms with Crippen LogP contribution in [0.1, 0.15) is 12.8 Å². The molecule has 0 aromatic rings. The normalized spacial score (nSPS) is 22.1. The van der Waals surface area contributed by atoms with Crippen molar-refractivity contribution in [1.29, 1.82) is 5.26 Å². The molecule has 0 bridgehead atoms. The standard InChI is InChI=1S/C8H9F3N2O/c9-8(10,11)7(14)13-4-2-6(5-13)1-3-12/h6H,1-2,4-5H2. The molecule has 0 aliphatic carbocycles. The summed E-state index contributed by atoms with van der Waals surface area (Å²) >= 11 is 0. The van der Waals surface area contributed by atoms with Crippen LogP contribution in [0.15, 0.2) is 0 Å². The highest BCUT2D eigenvalue weighted by molar-refractivity contribution is 5.82. The number of alkyl halides is 3. The maximum Gasteiger partial charge on any atom is 0.471 e. The van der Waals surface area contributed by atoms with Gasteiger partial charge in [0.15, 0.2) is 0 Å². The van der Waals surface area contributed by atoms with E-state index in [1.165, 1.54) is 0 Å². The zero-order chi connectivity index (χ0) is 10.8. The fourth-order valence-electron chi connectivity index (χ4n) is 1.49. The summed E-state index contributed by atoms with van der Waals surface area (Å²) in [5.41, 5.74) is 0. The Balaban J connectivity index is 2.51. The van der Waals surface area contributed by atoms with Gasteiger partial charge in [-0.3, -0.25) is 4.79 Å². The van der Waals surface area contributed by atoms with E-state index in [0.29, 0.717) is 6.42 Å². The Morgan fingerprint density at radius 1 is 1.57 bits per heavy atom.